The second kappa shape index (κ2) is 4.97. The molecular weight excluding hydrogens is 164 g/mol. The van der Waals surface area contributed by atoms with Gasteiger partial charge in [-0.3, -0.25) is 4.68 Å². The quantitative estimate of drug-likeness (QED) is 0.743. The van der Waals surface area contributed by atoms with E-state index >= 15 is 0 Å². The normalized spacial score (nSPS) is 13.2. The summed E-state index contributed by atoms with van der Waals surface area (Å²) in [7, 11) is 0. The fraction of sp³-hybridized carbons (Fsp3) is 0.778. The van der Waals surface area contributed by atoms with Gasteiger partial charge in [0.05, 0.1) is 5.69 Å². The second-order valence-electron chi connectivity index (χ2n) is 3.53. The average molecular weight is 182 g/mol. The van der Waals surface area contributed by atoms with Gasteiger partial charge in [0.15, 0.2) is 0 Å². The van der Waals surface area contributed by atoms with Crippen LogP contribution in [-0.2, 0) is 13.1 Å². The van der Waals surface area contributed by atoms with Crippen LogP contribution in [0.5, 0.6) is 0 Å². The van der Waals surface area contributed by atoms with Gasteiger partial charge in [0.1, 0.15) is 0 Å². The van der Waals surface area contributed by atoms with Gasteiger partial charge in [0, 0.05) is 19.3 Å². The van der Waals surface area contributed by atoms with Crippen LogP contribution in [0, 0.1) is 5.92 Å². The molecule has 0 fully saturated rings. The maximum atomic E-state index is 5.44. The van der Waals surface area contributed by atoms with E-state index in [1.54, 1.807) is 0 Å². The molecule has 0 spiro atoms. The van der Waals surface area contributed by atoms with Crippen molar-refractivity contribution in [2.75, 3.05) is 0 Å². The first-order valence-electron chi connectivity index (χ1n) is 4.85. The van der Waals surface area contributed by atoms with E-state index in [-0.39, 0.29) is 0 Å². The molecule has 1 unspecified atom stereocenters. The molecule has 1 heterocycles. The predicted molar refractivity (Wildman–Crippen MR) is 52.0 cm³/mol. The number of rotatable bonds is 5. The minimum absolute atomic E-state index is 0.474. The van der Waals surface area contributed by atoms with Gasteiger partial charge in [-0.15, -0.1) is 5.10 Å². The van der Waals surface area contributed by atoms with Crippen molar-refractivity contribution in [3.8, 4) is 0 Å². The lowest BCUT2D eigenvalue weighted by Crippen LogP contribution is -2.07. The Morgan fingerprint density at radius 2 is 2.38 bits per heavy atom. The lowest BCUT2D eigenvalue weighted by Gasteiger charge is -2.08. The molecule has 0 radical (unpaired) electrons. The Labute approximate surface area is 79.1 Å². The van der Waals surface area contributed by atoms with Crippen molar-refractivity contribution in [2.45, 2.75) is 39.8 Å². The van der Waals surface area contributed by atoms with E-state index in [0.717, 1.165) is 12.2 Å². The molecular formula is C9H18N4. The van der Waals surface area contributed by atoms with E-state index in [1.807, 2.05) is 10.9 Å². The largest absolute Gasteiger partial charge is 0.325 e. The highest BCUT2D eigenvalue weighted by Gasteiger charge is 2.03. The average Bonchev–Trinajstić information content (AvgIpc) is 2.52. The lowest BCUT2D eigenvalue weighted by molar-refractivity contribution is 0.414. The van der Waals surface area contributed by atoms with Crippen LogP contribution >= 0.6 is 0 Å². The molecule has 4 nitrogen and oxygen atoms in total. The van der Waals surface area contributed by atoms with Crippen molar-refractivity contribution in [3.63, 3.8) is 0 Å². The zero-order valence-corrected chi connectivity index (χ0v) is 8.40. The monoisotopic (exact) mass is 182 g/mol. The summed E-state index contributed by atoms with van der Waals surface area (Å²) in [6.45, 7) is 5.85. The summed E-state index contributed by atoms with van der Waals surface area (Å²) in [5.41, 5.74) is 6.30. The van der Waals surface area contributed by atoms with Crippen LogP contribution in [0.15, 0.2) is 6.20 Å². The smallest absolute Gasteiger partial charge is 0.0962 e. The van der Waals surface area contributed by atoms with Crippen LogP contribution in [-0.4, -0.2) is 15.0 Å². The molecule has 4 heteroatoms. The SMILES string of the molecule is CCCC(C)Cn1cc(CN)nn1. The van der Waals surface area contributed by atoms with Crippen LogP contribution < -0.4 is 5.73 Å². The third kappa shape index (κ3) is 3.14. The summed E-state index contributed by atoms with van der Waals surface area (Å²) in [6, 6.07) is 0. The van der Waals surface area contributed by atoms with Crippen LogP contribution in [0.25, 0.3) is 0 Å². The summed E-state index contributed by atoms with van der Waals surface area (Å²) in [5.74, 6) is 0.664. The van der Waals surface area contributed by atoms with E-state index in [4.69, 9.17) is 5.73 Å². The van der Waals surface area contributed by atoms with Gasteiger partial charge in [0.2, 0.25) is 0 Å². The Morgan fingerprint density at radius 1 is 1.62 bits per heavy atom. The summed E-state index contributed by atoms with van der Waals surface area (Å²) in [4.78, 5) is 0. The second-order valence-corrected chi connectivity index (χ2v) is 3.53. The minimum atomic E-state index is 0.474. The summed E-state index contributed by atoms with van der Waals surface area (Å²) >= 11 is 0. The third-order valence-electron chi connectivity index (χ3n) is 2.08. The topological polar surface area (TPSA) is 56.7 Å². The van der Waals surface area contributed by atoms with Crippen LogP contribution in [0.4, 0.5) is 0 Å². The molecule has 1 atom stereocenters. The molecule has 0 aliphatic carbocycles. The Hall–Kier alpha value is -0.900. The van der Waals surface area contributed by atoms with Crippen molar-refractivity contribution in [1.29, 1.82) is 0 Å². The number of hydrogen-bond donors (Lipinski definition) is 1. The maximum Gasteiger partial charge on any atom is 0.0962 e. The highest BCUT2D eigenvalue weighted by Crippen LogP contribution is 2.07. The number of nitrogens with two attached hydrogens (primary N) is 1. The van der Waals surface area contributed by atoms with Gasteiger partial charge in [-0.1, -0.05) is 25.5 Å². The Bertz CT molecular complexity index is 244. The van der Waals surface area contributed by atoms with E-state index in [1.165, 1.54) is 12.8 Å². The van der Waals surface area contributed by atoms with Gasteiger partial charge < -0.3 is 5.73 Å². The van der Waals surface area contributed by atoms with Gasteiger partial charge in [-0.05, 0) is 12.3 Å². The molecule has 0 aromatic carbocycles. The van der Waals surface area contributed by atoms with Crippen LogP contribution in [0.3, 0.4) is 0 Å². The Morgan fingerprint density at radius 3 is 2.92 bits per heavy atom. The van der Waals surface area contributed by atoms with Gasteiger partial charge >= 0.3 is 0 Å². The van der Waals surface area contributed by atoms with E-state index in [9.17, 15) is 0 Å². The molecule has 0 saturated carbocycles. The van der Waals surface area contributed by atoms with Crippen molar-refractivity contribution < 1.29 is 0 Å². The molecule has 1 aromatic heterocycles. The van der Waals surface area contributed by atoms with E-state index in [2.05, 4.69) is 24.2 Å². The Kier molecular flexibility index (Phi) is 3.89. The lowest BCUT2D eigenvalue weighted by atomic mass is 10.1. The van der Waals surface area contributed by atoms with Crippen LogP contribution in [0.1, 0.15) is 32.4 Å². The van der Waals surface area contributed by atoms with E-state index < -0.39 is 0 Å². The molecule has 0 bridgehead atoms. The fourth-order valence-corrected chi connectivity index (χ4v) is 1.42. The molecule has 13 heavy (non-hydrogen) atoms. The molecule has 1 rings (SSSR count). The standard InChI is InChI=1S/C9H18N4/c1-3-4-8(2)6-13-7-9(5-10)11-12-13/h7-8H,3-6,10H2,1-2H3. The zero-order valence-electron chi connectivity index (χ0n) is 8.40. The third-order valence-corrected chi connectivity index (χ3v) is 2.08. The first-order chi connectivity index (χ1) is 6.26. The van der Waals surface area contributed by atoms with Crippen molar-refractivity contribution in [2.24, 2.45) is 11.7 Å². The van der Waals surface area contributed by atoms with Crippen molar-refractivity contribution >= 4 is 0 Å². The highest BCUT2D eigenvalue weighted by atomic mass is 15.4. The van der Waals surface area contributed by atoms with Crippen LogP contribution in [0.2, 0.25) is 0 Å². The van der Waals surface area contributed by atoms with Crippen molar-refractivity contribution in [1.82, 2.24) is 15.0 Å². The van der Waals surface area contributed by atoms with Gasteiger partial charge in [-0.2, -0.15) is 0 Å². The number of hydrogen-bond acceptors (Lipinski definition) is 3. The molecule has 1 aromatic rings. The first-order valence-corrected chi connectivity index (χ1v) is 4.85. The highest BCUT2D eigenvalue weighted by molar-refractivity contribution is 4.90. The predicted octanol–water partition coefficient (Wildman–Crippen LogP) is 1.17. The van der Waals surface area contributed by atoms with Gasteiger partial charge in [-0.25, -0.2) is 0 Å². The number of nitrogens with zero attached hydrogens (tertiary/aromatic N) is 3. The van der Waals surface area contributed by atoms with Gasteiger partial charge in [0.25, 0.3) is 0 Å². The Balaban J connectivity index is 2.44. The zero-order chi connectivity index (χ0) is 9.68. The molecule has 0 aliphatic rings. The fourth-order valence-electron chi connectivity index (χ4n) is 1.42. The first kappa shape index (κ1) is 10.2. The summed E-state index contributed by atoms with van der Waals surface area (Å²) in [5, 5.41) is 7.93. The molecule has 0 amide bonds. The molecule has 0 saturated heterocycles. The maximum absolute atomic E-state index is 5.44. The summed E-state index contributed by atoms with van der Waals surface area (Å²) in [6.07, 6.45) is 4.38. The molecule has 2 N–H and O–H groups in total. The van der Waals surface area contributed by atoms with E-state index in [0.29, 0.717) is 12.5 Å². The molecule has 0 aliphatic heterocycles. The molecule has 74 valence electrons. The van der Waals surface area contributed by atoms with Crippen molar-refractivity contribution in [3.05, 3.63) is 11.9 Å². The minimum Gasteiger partial charge on any atom is -0.325 e. The summed E-state index contributed by atoms with van der Waals surface area (Å²) < 4.78 is 1.88. The number of aromatic nitrogens is 3.